The molecule has 3 rings (SSSR count). The van der Waals surface area contributed by atoms with Gasteiger partial charge in [0.25, 0.3) is 5.91 Å². The molecule has 2 aromatic rings. The Kier molecular flexibility index (Phi) is 6.26. The van der Waals surface area contributed by atoms with Crippen LogP contribution in [0.2, 0.25) is 0 Å². The summed E-state index contributed by atoms with van der Waals surface area (Å²) in [6.07, 6.45) is -1.56. The first-order valence-corrected chi connectivity index (χ1v) is 9.49. The monoisotopic (exact) mass is 433 g/mol. The first kappa shape index (κ1) is 19.5. The van der Waals surface area contributed by atoms with Crippen molar-refractivity contribution >= 4 is 27.8 Å². The lowest BCUT2D eigenvalue weighted by Gasteiger charge is -2.35. The molecule has 0 aliphatic carbocycles. The van der Waals surface area contributed by atoms with Crippen LogP contribution in [0.3, 0.4) is 0 Å². The lowest BCUT2D eigenvalue weighted by molar-refractivity contribution is -0.228. The number of amides is 1. The minimum atomic E-state index is -0.960. The standard InChI is InChI=1S/C20H20BrNO5/c1-13(22-19(24)17(21)16(23)12-26-22)20(25)27-18(14-8-4-2-5-9-14)15-10-6-3-7-11-15/h2-11,13,16-18,23H,12H2,1H3/t13-,16-,17+/m1/s1. The number of halogens is 1. The minimum Gasteiger partial charge on any atom is -0.451 e. The fourth-order valence-electron chi connectivity index (χ4n) is 2.79. The topological polar surface area (TPSA) is 76.1 Å². The Labute approximate surface area is 165 Å². The number of hydrogen-bond donors (Lipinski definition) is 1. The van der Waals surface area contributed by atoms with E-state index >= 15 is 0 Å². The van der Waals surface area contributed by atoms with Gasteiger partial charge in [-0.15, -0.1) is 0 Å². The maximum atomic E-state index is 12.8. The third-order valence-corrected chi connectivity index (χ3v) is 5.31. The van der Waals surface area contributed by atoms with E-state index in [0.717, 1.165) is 16.2 Å². The van der Waals surface area contributed by atoms with Crippen molar-refractivity contribution in [1.29, 1.82) is 0 Å². The molecule has 142 valence electrons. The van der Waals surface area contributed by atoms with Crippen LogP contribution in [0.1, 0.15) is 24.2 Å². The predicted molar refractivity (Wildman–Crippen MR) is 102 cm³/mol. The van der Waals surface area contributed by atoms with E-state index in [1.54, 1.807) is 0 Å². The Hall–Kier alpha value is -2.22. The molecule has 0 aromatic heterocycles. The van der Waals surface area contributed by atoms with E-state index in [-0.39, 0.29) is 6.61 Å². The van der Waals surface area contributed by atoms with Gasteiger partial charge in [-0.05, 0) is 18.1 Å². The van der Waals surface area contributed by atoms with Crippen molar-refractivity contribution in [2.24, 2.45) is 0 Å². The summed E-state index contributed by atoms with van der Waals surface area (Å²) in [4.78, 5) is 29.5. The summed E-state index contributed by atoms with van der Waals surface area (Å²) < 4.78 is 5.76. The maximum absolute atomic E-state index is 12.8. The fourth-order valence-corrected chi connectivity index (χ4v) is 3.14. The van der Waals surface area contributed by atoms with E-state index in [2.05, 4.69) is 15.9 Å². The smallest absolute Gasteiger partial charge is 0.332 e. The van der Waals surface area contributed by atoms with Crippen molar-refractivity contribution in [1.82, 2.24) is 5.06 Å². The molecule has 6 nitrogen and oxygen atoms in total. The highest BCUT2D eigenvalue weighted by Gasteiger charge is 2.40. The fraction of sp³-hybridized carbons (Fsp3) is 0.300. The number of ether oxygens (including phenoxy) is 1. The van der Waals surface area contributed by atoms with E-state index in [9.17, 15) is 14.7 Å². The number of alkyl halides is 1. The number of aliphatic hydroxyl groups excluding tert-OH is 1. The van der Waals surface area contributed by atoms with Gasteiger partial charge in [0.2, 0.25) is 0 Å². The number of rotatable bonds is 5. The third-order valence-electron chi connectivity index (χ3n) is 4.31. The average Bonchev–Trinajstić information content (AvgIpc) is 2.71. The number of hydroxylamine groups is 2. The molecule has 7 heteroatoms. The van der Waals surface area contributed by atoms with Crippen molar-refractivity contribution in [3.8, 4) is 0 Å². The summed E-state index contributed by atoms with van der Waals surface area (Å²) in [6.45, 7) is 1.45. The molecule has 27 heavy (non-hydrogen) atoms. The third kappa shape index (κ3) is 4.37. The molecule has 2 aromatic carbocycles. The second-order valence-corrected chi connectivity index (χ2v) is 7.23. The molecule has 0 unspecified atom stereocenters. The van der Waals surface area contributed by atoms with E-state index in [1.165, 1.54) is 6.92 Å². The van der Waals surface area contributed by atoms with Crippen LogP contribution in [-0.2, 0) is 19.2 Å². The van der Waals surface area contributed by atoms with E-state index < -0.39 is 35.0 Å². The van der Waals surface area contributed by atoms with Crippen molar-refractivity contribution in [3.05, 3.63) is 71.8 Å². The van der Waals surface area contributed by atoms with Gasteiger partial charge in [0.1, 0.15) is 17.5 Å². The van der Waals surface area contributed by atoms with Crippen LogP contribution in [0.4, 0.5) is 0 Å². The predicted octanol–water partition coefficient (Wildman–Crippen LogP) is 2.61. The summed E-state index contributed by atoms with van der Waals surface area (Å²) in [6, 6.07) is 17.8. The molecule has 1 N–H and O–H groups in total. The summed E-state index contributed by atoms with van der Waals surface area (Å²) in [5.41, 5.74) is 1.65. The van der Waals surface area contributed by atoms with Crippen molar-refractivity contribution < 1.29 is 24.3 Å². The minimum absolute atomic E-state index is 0.0833. The van der Waals surface area contributed by atoms with Gasteiger partial charge in [0.05, 0.1) is 0 Å². The second kappa shape index (κ2) is 8.65. The number of carbonyl (C=O) groups excluding carboxylic acids is 2. The van der Waals surface area contributed by atoms with Crippen LogP contribution in [0.15, 0.2) is 60.7 Å². The Morgan fingerprint density at radius 3 is 2.19 bits per heavy atom. The molecule has 0 spiro atoms. The first-order chi connectivity index (χ1) is 13.0. The highest BCUT2D eigenvalue weighted by atomic mass is 79.9. The normalized spacial score (nSPS) is 21.2. The second-order valence-electron chi connectivity index (χ2n) is 6.24. The van der Waals surface area contributed by atoms with Crippen LogP contribution < -0.4 is 0 Å². The summed E-state index contributed by atoms with van der Waals surface area (Å²) in [5, 5.41) is 10.7. The number of nitrogens with zero attached hydrogens (tertiary/aromatic N) is 1. The average molecular weight is 434 g/mol. The molecule has 0 radical (unpaired) electrons. The molecule has 1 aliphatic heterocycles. The van der Waals surface area contributed by atoms with Gasteiger partial charge in [-0.1, -0.05) is 76.6 Å². The lowest BCUT2D eigenvalue weighted by Crippen LogP contribution is -2.55. The highest BCUT2D eigenvalue weighted by Crippen LogP contribution is 2.27. The molecule has 0 bridgehead atoms. The zero-order chi connectivity index (χ0) is 19.4. The first-order valence-electron chi connectivity index (χ1n) is 8.57. The van der Waals surface area contributed by atoms with Crippen LogP contribution in [0.25, 0.3) is 0 Å². The number of hydrogen-bond acceptors (Lipinski definition) is 5. The molecule has 3 atom stereocenters. The Bertz CT molecular complexity index is 746. The number of benzene rings is 2. The number of aliphatic hydroxyl groups is 1. The molecule has 1 amide bonds. The van der Waals surface area contributed by atoms with Crippen LogP contribution >= 0.6 is 15.9 Å². The van der Waals surface area contributed by atoms with E-state index in [0.29, 0.717) is 0 Å². The molecular weight excluding hydrogens is 414 g/mol. The van der Waals surface area contributed by atoms with Crippen LogP contribution in [-0.4, -0.2) is 45.6 Å². The van der Waals surface area contributed by atoms with Gasteiger partial charge in [-0.2, -0.15) is 0 Å². The Balaban J connectivity index is 1.79. The van der Waals surface area contributed by atoms with Gasteiger partial charge in [-0.3, -0.25) is 9.63 Å². The van der Waals surface area contributed by atoms with Gasteiger partial charge in [0.15, 0.2) is 12.1 Å². The zero-order valence-corrected chi connectivity index (χ0v) is 16.3. The molecule has 1 saturated heterocycles. The van der Waals surface area contributed by atoms with Gasteiger partial charge < -0.3 is 9.84 Å². The van der Waals surface area contributed by atoms with Crippen LogP contribution in [0, 0.1) is 0 Å². The van der Waals surface area contributed by atoms with E-state index in [1.807, 2.05) is 60.7 Å². The van der Waals surface area contributed by atoms with Crippen LogP contribution in [0.5, 0.6) is 0 Å². The molecular formula is C20H20BrNO5. The zero-order valence-electron chi connectivity index (χ0n) is 14.7. The Morgan fingerprint density at radius 2 is 1.67 bits per heavy atom. The van der Waals surface area contributed by atoms with E-state index in [4.69, 9.17) is 9.57 Å². The number of esters is 1. The van der Waals surface area contributed by atoms with Crippen molar-refractivity contribution in [3.63, 3.8) is 0 Å². The summed E-state index contributed by atoms with van der Waals surface area (Å²) in [5.74, 6) is -1.12. The highest BCUT2D eigenvalue weighted by molar-refractivity contribution is 9.10. The maximum Gasteiger partial charge on any atom is 0.332 e. The van der Waals surface area contributed by atoms with Crippen molar-refractivity contribution in [2.45, 2.75) is 30.0 Å². The summed E-state index contributed by atoms with van der Waals surface area (Å²) >= 11 is 3.13. The molecule has 1 heterocycles. The van der Waals surface area contributed by atoms with Gasteiger partial charge >= 0.3 is 5.97 Å². The molecule has 1 aliphatic rings. The SMILES string of the molecule is C[C@H](C(=O)OC(c1ccccc1)c1ccccc1)N1OC[C@@H](O)[C@H](Br)C1=O. The quantitative estimate of drug-likeness (QED) is 0.579. The summed E-state index contributed by atoms with van der Waals surface area (Å²) in [7, 11) is 0. The van der Waals surface area contributed by atoms with Gasteiger partial charge in [-0.25, -0.2) is 9.86 Å². The van der Waals surface area contributed by atoms with Crippen molar-refractivity contribution in [2.75, 3.05) is 6.61 Å². The number of carbonyl (C=O) groups is 2. The Morgan fingerprint density at radius 1 is 1.15 bits per heavy atom. The largest absolute Gasteiger partial charge is 0.451 e. The molecule has 1 fully saturated rings. The van der Waals surface area contributed by atoms with Gasteiger partial charge in [0, 0.05) is 0 Å². The lowest BCUT2D eigenvalue weighted by atomic mass is 10.0. The molecule has 0 saturated carbocycles.